The van der Waals surface area contributed by atoms with Crippen LogP contribution in [0.15, 0.2) is 70.4 Å². The number of carbonyl (C=O) groups excluding carboxylic acids is 1. The van der Waals surface area contributed by atoms with Crippen LogP contribution in [-0.4, -0.2) is 37.0 Å². The van der Waals surface area contributed by atoms with Gasteiger partial charge in [0.25, 0.3) is 0 Å². The minimum atomic E-state index is -5.92. The topological polar surface area (TPSA) is 65.7 Å². The molecule has 3 aromatic rings. The van der Waals surface area contributed by atoms with Gasteiger partial charge in [0, 0.05) is 17.5 Å². The molecule has 0 aliphatic rings. The Morgan fingerprint density at radius 2 is 1.64 bits per heavy atom. The molecule has 0 fully saturated rings. The number of alkyl halides is 6. The van der Waals surface area contributed by atoms with Gasteiger partial charge in [0.1, 0.15) is 11.3 Å². The summed E-state index contributed by atoms with van der Waals surface area (Å²) in [4.78, 5) is 23.4. The monoisotopic (exact) mass is 514 g/mol. The highest BCUT2D eigenvalue weighted by molar-refractivity contribution is 5.83. The molecule has 0 aliphatic heterocycles. The number of benzene rings is 2. The second-order valence-corrected chi connectivity index (χ2v) is 7.74. The molecule has 0 spiro atoms. The highest BCUT2D eigenvalue weighted by atomic mass is 19.3. The summed E-state index contributed by atoms with van der Waals surface area (Å²) in [6.45, 7) is 0.376. The van der Waals surface area contributed by atoms with Crippen LogP contribution in [0.1, 0.15) is 12.5 Å². The first kappa shape index (κ1) is 26.8. The van der Waals surface area contributed by atoms with Crippen molar-refractivity contribution in [3.63, 3.8) is 0 Å². The molecule has 0 saturated heterocycles. The molecular formula is C25H20F6O5. The Kier molecular flexibility index (Phi) is 7.51. The number of fused-ring (bicyclic) bond motifs is 1. The maximum Gasteiger partial charge on any atom is 0.378 e. The van der Waals surface area contributed by atoms with Gasteiger partial charge in [-0.2, -0.15) is 26.3 Å². The number of ether oxygens (including phenoxy) is 2. The molecule has 0 bridgehead atoms. The summed E-state index contributed by atoms with van der Waals surface area (Å²) < 4.78 is 97.3. The van der Waals surface area contributed by atoms with Gasteiger partial charge in [-0.3, -0.25) is 0 Å². The first-order valence-corrected chi connectivity index (χ1v) is 10.5. The molecular weight excluding hydrogens is 494 g/mol. The number of hydrogen-bond acceptors (Lipinski definition) is 5. The van der Waals surface area contributed by atoms with Crippen molar-refractivity contribution < 1.29 is 45.0 Å². The minimum Gasteiger partial charge on any atom is -0.487 e. The Labute approximate surface area is 200 Å². The molecule has 0 atom stereocenters. The SMILES string of the molecule is C=CC(=O)OCC(F)(F)C(F)(F)C(F)(F)COc1ccc2cc(-c3ccccc3CC)c(=O)oc2c1. The van der Waals surface area contributed by atoms with Crippen molar-refractivity contribution in [2.24, 2.45) is 0 Å². The molecule has 1 aromatic heterocycles. The number of esters is 1. The number of halogens is 6. The predicted molar refractivity (Wildman–Crippen MR) is 119 cm³/mol. The van der Waals surface area contributed by atoms with Crippen molar-refractivity contribution in [3.05, 3.63) is 77.2 Å². The van der Waals surface area contributed by atoms with Crippen LogP contribution in [0.3, 0.4) is 0 Å². The summed E-state index contributed by atoms with van der Waals surface area (Å²) in [6, 6.07) is 12.2. The van der Waals surface area contributed by atoms with Crippen molar-refractivity contribution in [1.82, 2.24) is 0 Å². The molecule has 36 heavy (non-hydrogen) atoms. The van der Waals surface area contributed by atoms with E-state index in [2.05, 4.69) is 16.1 Å². The fraction of sp³-hybridized carbons (Fsp3) is 0.280. The van der Waals surface area contributed by atoms with Gasteiger partial charge in [-0.15, -0.1) is 0 Å². The first-order chi connectivity index (χ1) is 16.8. The fourth-order valence-electron chi connectivity index (χ4n) is 3.30. The summed E-state index contributed by atoms with van der Waals surface area (Å²) in [5.74, 6) is -18.6. The summed E-state index contributed by atoms with van der Waals surface area (Å²) in [5, 5.41) is 0.385. The highest BCUT2D eigenvalue weighted by Gasteiger charge is 2.72. The number of hydrogen-bond donors (Lipinski definition) is 0. The normalized spacial score (nSPS) is 12.4. The maximum atomic E-state index is 14.1. The van der Waals surface area contributed by atoms with Gasteiger partial charge in [-0.05, 0) is 35.7 Å². The fourth-order valence-corrected chi connectivity index (χ4v) is 3.30. The molecule has 1 heterocycles. The van der Waals surface area contributed by atoms with E-state index in [1.807, 2.05) is 19.1 Å². The van der Waals surface area contributed by atoms with Crippen LogP contribution >= 0.6 is 0 Å². The molecule has 0 radical (unpaired) electrons. The van der Waals surface area contributed by atoms with Crippen molar-refractivity contribution in [1.29, 1.82) is 0 Å². The van der Waals surface area contributed by atoms with E-state index in [1.165, 1.54) is 12.1 Å². The van der Waals surface area contributed by atoms with E-state index >= 15 is 0 Å². The molecule has 0 unspecified atom stereocenters. The van der Waals surface area contributed by atoms with Crippen LogP contribution in [0.5, 0.6) is 5.75 Å². The van der Waals surface area contributed by atoms with Crippen molar-refractivity contribution in [2.75, 3.05) is 13.2 Å². The van der Waals surface area contributed by atoms with Gasteiger partial charge in [0.2, 0.25) is 0 Å². The number of carbonyl (C=O) groups is 1. The molecule has 11 heteroatoms. The van der Waals surface area contributed by atoms with Crippen LogP contribution in [-0.2, 0) is 16.0 Å². The lowest BCUT2D eigenvalue weighted by Gasteiger charge is -2.32. The Bertz CT molecular complexity index is 1330. The van der Waals surface area contributed by atoms with Crippen LogP contribution in [0, 0.1) is 0 Å². The minimum absolute atomic E-state index is 0.0908. The molecule has 192 valence electrons. The average molecular weight is 514 g/mol. The lowest BCUT2D eigenvalue weighted by atomic mass is 9.98. The van der Waals surface area contributed by atoms with Crippen LogP contribution < -0.4 is 10.4 Å². The zero-order valence-electron chi connectivity index (χ0n) is 18.8. The van der Waals surface area contributed by atoms with E-state index in [9.17, 15) is 35.9 Å². The summed E-state index contributed by atoms with van der Waals surface area (Å²) >= 11 is 0. The number of rotatable bonds is 10. The third-order valence-electron chi connectivity index (χ3n) is 5.30. The lowest BCUT2D eigenvalue weighted by molar-refractivity contribution is -0.322. The van der Waals surface area contributed by atoms with Crippen LogP contribution in [0.2, 0.25) is 0 Å². The smallest absolute Gasteiger partial charge is 0.378 e. The van der Waals surface area contributed by atoms with E-state index < -0.39 is 48.3 Å². The summed E-state index contributed by atoms with van der Waals surface area (Å²) in [6.07, 6.45) is 1.06. The molecule has 0 N–H and O–H groups in total. The number of aryl methyl sites for hydroxylation is 1. The Balaban J connectivity index is 1.82. The molecule has 5 nitrogen and oxygen atoms in total. The highest BCUT2D eigenvalue weighted by Crippen LogP contribution is 2.46. The van der Waals surface area contributed by atoms with E-state index in [0.29, 0.717) is 23.4 Å². The second kappa shape index (κ2) is 10.1. The second-order valence-electron chi connectivity index (χ2n) is 7.74. The predicted octanol–water partition coefficient (Wildman–Crippen LogP) is 6.04. The van der Waals surface area contributed by atoms with Gasteiger partial charge < -0.3 is 13.9 Å². The third kappa shape index (κ3) is 5.24. The van der Waals surface area contributed by atoms with Crippen molar-refractivity contribution in [3.8, 4) is 16.9 Å². The van der Waals surface area contributed by atoms with Gasteiger partial charge in [-0.1, -0.05) is 37.8 Å². The molecule has 2 aromatic carbocycles. The van der Waals surface area contributed by atoms with E-state index in [0.717, 1.165) is 17.7 Å². The largest absolute Gasteiger partial charge is 0.487 e. The standard InChI is InChI=1S/C25H20F6O5/c1-3-15-7-5-6-8-18(15)19-11-16-9-10-17(12-20(16)36-22(19)33)34-13-23(26,27)25(30,31)24(28,29)14-35-21(32)4-2/h4-12H,2-3,13-14H2,1H3. The van der Waals surface area contributed by atoms with E-state index in [1.54, 1.807) is 12.1 Å². The lowest BCUT2D eigenvalue weighted by Crippen LogP contribution is -2.58. The third-order valence-corrected chi connectivity index (χ3v) is 5.30. The Morgan fingerprint density at radius 3 is 2.31 bits per heavy atom. The molecule has 3 rings (SSSR count). The van der Waals surface area contributed by atoms with E-state index in [-0.39, 0.29) is 11.1 Å². The Hall–Kier alpha value is -3.76. The van der Waals surface area contributed by atoms with Gasteiger partial charge in [0.05, 0.1) is 5.56 Å². The maximum absolute atomic E-state index is 14.1. The van der Waals surface area contributed by atoms with Crippen molar-refractivity contribution >= 4 is 16.9 Å². The van der Waals surface area contributed by atoms with Crippen molar-refractivity contribution in [2.45, 2.75) is 31.1 Å². The summed E-state index contributed by atoms with van der Waals surface area (Å²) in [7, 11) is 0. The van der Waals surface area contributed by atoms with Gasteiger partial charge in [-0.25, -0.2) is 9.59 Å². The van der Waals surface area contributed by atoms with E-state index in [4.69, 9.17) is 4.42 Å². The Morgan fingerprint density at radius 1 is 0.972 bits per heavy atom. The van der Waals surface area contributed by atoms with Crippen LogP contribution in [0.4, 0.5) is 26.3 Å². The van der Waals surface area contributed by atoms with Gasteiger partial charge in [0.15, 0.2) is 13.2 Å². The average Bonchev–Trinajstić information content (AvgIpc) is 2.85. The summed E-state index contributed by atoms with van der Waals surface area (Å²) in [5.41, 5.74) is 0.984. The molecule has 0 aliphatic carbocycles. The first-order valence-electron chi connectivity index (χ1n) is 10.5. The molecule has 0 amide bonds. The zero-order chi connectivity index (χ0) is 26.7. The quantitative estimate of drug-likeness (QED) is 0.143. The zero-order valence-corrected chi connectivity index (χ0v) is 18.8. The van der Waals surface area contributed by atoms with Crippen LogP contribution in [0.25, 0.3) is 22.1 Å². The van der Waals surface area contributed by atoms with Gasteiger partial charge >= 0.3 is 29.4 Å². The molecule has 0 saturated carbocycles.